The van der Waals surface area contributed by atoms with Gasteiger partial charge in [0.15, 0.2) is 0 Å². The Balaban J connectivity index is 1.67. The normalized spacial score (nSPS) is 25.3. The summed E-state index contributed by atoms with van der Waals surface area (Å²) >= 11 is 0. The zero-order chi connectivity index (χ0) is 18.5. The van der Waals surface area contributed by atoms with E-state index in [1.54, 1.807) is 13.1 Å². The fourth-order valence-electron chi connectivity index (χ4n) is 4.13. The molecule has 4 rings (SSSR count). The van der Waals surface area contributed by atoms with Crippen LogP contribution in [0, 0.1) is 5.41 Å². The van der Waals surface area contributed by atoms with E-state index in [1.165, 1.54) is 11.1 Å². The van der Waals surface area contributed by atoms with Crippen molar-refractivity contribution in [3.05, 3.63) is 42.1 Å². The molecule has 2 aromatic rings. The number of piperidine rings is 1. The van der Waals surface area contributed by atoms with Gasteiger partial charge in [-0.3, -0.25) is 14.6 Å². The molecule has 2 fully saturated rings. The molecule has 2 saturated heterocycles. The smallest absolute Gasteiger partial charge is 0.266 e. The molecular formula is C19H19F2N3O2. The molecule has 26 heavy (non-hydrogen) atoms. The lowest BCUT2D eigenvalue weighted by atomic mass is 9.76. The van der Waals surface area contributed by atoms with E-state index >= 15 is 0 Å². The highest BCUT2D eigenvalue weighted by Crippen LogP contribution is 2.45. The molecule has 136 valence electrons. The zero-order valence-electron chi connectivity index (χ0n) is 14.4. The second kappa shape index (κ2) is 5.72. The quantitative estimate of drug-likeness (QED) is 0.786. The molecule has 2 amide bonds. The standard InChI is InChI=1S/C19H19F2N3O2/c1-23-7-6-18(17(23)26)10-19(20,21)12-24(11-18)16(25)14-8-13-4-2-3-5-15(13)22-9-14/h2-5,8-9H,6-7,10-12H2,1H3. The number of halogens is 2. The van der Waals surface area contributed by atoms with Gasteiger partial charge in [0.05, 0.1) is 23.0 Å². The highest BCUT2D eigenvalue weighted by atomic mass is 19.3. The van der Waals surface area contributed by atoms with Crippen molar-refractivity contribution >= 4 is 22.7 Å². The molecule has 5 nitrogen and oxygen atoms in total. The number of nitrogens with zero attached hydrogens (tertiary/aromatic N) is 3. The topological polar surface area (TPSA) is 53.5 Å². The van der Waals surface area contributed by atoms with Crippen molar-refractivity contribution in [2.24, 2.45) is 5.41 Å². The molecule has 1 aromatic carbocycles. The van der Waals surface area contributed by atoms with E-state index in [9.17, 15) is 18.4 Å². The number of likely N-dealkylation sites (tertiary alicyclic amines) is 2. The van der Waals surface area contributed by atoms with Gasteiger partial charge >= 0.3 is 0 Å². The third-order valence-corrected chi connectivity index (χ3v) is 5.36. The number of pyridine rings is 1. The Kier molecular flexibility index (Phi) is 3.71. The lowest BCUT2D eigenvalue weighted by Crippen LogP contribution is -2.57. The van der Waals surface area contributed by atoms with E-state index in [0.717, 1.165) is 15.8 Å². The van der Waals surface area contributed by atoms with Gasteiger partial charge in [0.2, 0.25) is 5.91 Å². The first-order valence-corrected chi connectivity index (χ1v) is 8.57. The minimum atomic E-state index is -3.08. The molecular weight excluding hydrogens is 340 g/mol. The molecule has 0 saturated carbocycles. The molecule has 0 radical (unpaired) electrons. The fraction of sp³-hybridized carbons (Fsp3) is 0.421. The van der Waals surface area contributed by atoms with Gasteiger partial charge in [-0.1, -0.05) is 18.2 Å². The number of amides is 2. The number of carbonyl (C=O) groups is 2. The van der Waals surface area contributed by atoms with Crippen LogP contribution in [-0.4, -0.2) is 59.2 Å². The van der Waals surface area contributed by atoms with Crippen LogP contribution in [0.15, 0.2) is 36.5 Å². The monoisotopic (exact) mass is 359 g/mol. The fourth-order valence-corrected chi connectivity index (χ4v) is 4.13. The van der Waals surface area contributed by atoms with E-state index in [4.69, 9.17) is 0 Å². The third-order valence-electron chi connectivity index (χ3n) is 5.36. The molecule has 0 aliphatic carbocycles. The number of para-hydroxylation sites is 1. The summed E-state index contributed by atoms with van der Waals surface area (Å²) in [6.45, 7) is -0.205. The molecule has 2 aliphatic heterocycles. The van der Waals surface area contributed by atoms with Crippen LogP contribution in [-0.2, 0) is 4.79 Å². The average Bonchev–Trinajstić information content (AvgIpc) is 2.87. The first-order valence-electron chi connectivity index (χ1n) is 8.57. The van der Waals surface area contributed by atoms with Gasteiger partial charge in [-0.05, 0) is 18.6 Å². The SMILES string of the molecule is CN1CCC2(CN(C(=O)c3cnc4ccccc4c3)CC(F)(F)C2)C1=O. The van der Waals surface area contributed by atoms with Crippen molar-refractivity contribution in [3.63, 3.8) is 0 Å². The minimum Gasteiger partial charge on any atom is -0.345 e. The number of aromatic nitrogens is 1. The number of hydrogen-bond acceptors (Lipinski definition) is 3. The first kappa shape index (κ1) is 16.9. The van der Waals surface area contributed by atoms with Crippen LogP contribution in [0.2, 0.25) is 0 Å². The second-order valence-electron chi connectivity index (χ2n) is 7.37. The molecule has 0 N–H and O–H groups in total. The van der Waals surface area contributed by atoms with Crippen LogP contribution in [0.1, 0.15) is 23.2 Å². The van der Waals surface area contributed by atoms with Crippen molar-refractivity contribution in [2.75, 3.05) is 26.7 Å². The van der Waals surface area contributed by atoms with Crippen molar-refractivity contribution < 1.29 is 18.4 Å². The Morgan fingerprint density at radius 3 is 2.73 bits per heavy atom. The largest absolute Gasteiger partial charge is 0.345 e. The van der Waals surface area contributed by atoms with Crippen molar-refractivity contribution in [1.82, 2.24) is 14.8 Å². The van der Waals surface area contributed by atoms with Gasteiger partial charge in [0, 0.05) is 38.1 Å². The van der Waals surface area contributed by atoms with Gasteiger partial charge in [-0.25, -0.2) is 8.78 Å². The molecule has 1 unspecified atom stereocenters. The number of alkyl halides is 2. The van der Waals surface area contributed by atoms with Crippen LogP contribution in [0.25, 0.3) is 10.9 Å². The second-order valence-corrected chi connectivity index (χ2v) is 7.37. The number of hydrogen-bond donors (Lipinski definition) is 0. The predicted molar refractivity (Wildman–Crippen MR) is 91.9 cm³/mol. The summed E-state index contributed by atoms with van der Waals surface area (Å²) < 4.78 is 28.8. The van der Waals surface area contributed by atoms with E-state index in [2.05, 4.69) is 4.98 Å². The van der Waals surface area contributed by atoms with Crippen LogP contribution in [0.3, 0.4) is 0 Å². The maximum Gasteiger partial charge on any atom is 0.266 e. The first-order chi connectivity index (χ1) is 12.3. The van der Waals surface area contributed by atoms with Crippen molar-refractivity contribution in [3.8, 4) is 0 Å². The van der Waals surface area contributed by atoms with Crippen molar-refractivity contribution in [1.29, 1.82) is 0 Å². The van der Waals surface area contributed by atoms with Crippen LogP contribution in [0.5, 0.6) is 0 Å². The van der Waals surface area contributed by atoms with E-state index in [-0.39, 0.29) is 18.0 Å². The third kappa shape index (κ3) is 2.71. The number of rotatable bonds is 1. The summed E-state index contributed by atoms with van der Waals surface area (Å²) in [6.07, 6.45) is 1.26. The molecule has 0 bridgehead atoms. The summed E-state index contributed by atoms with van der Waals surface area (Å²) in [7, 11) is 1.61. The Bertz CT molecular complexity index is 901. The lowest BCUT2D eigenvalue weighted by Gasteiger charge is -2.42. The van der Waals surface area contributed by atoms with Gasteiger partial charge < -0.3 is 9.80 Å². The Morgan fingerprint density at radius 2 is 2.00 bits per heavy atom. The van der Waals surface area contributed by atoms with Gasteiger partial charge in [-0.15, -0.1) is 0 Å². The molecule has 1 spiro atoms. The minimum absolute atomic E-state index is 0.0252. The molecule has 1 atom stereocenters. The number of benzene rings is 1. The molecule has 3 heterocycles. The van der Waals surface area contributed by atoms with Gasteiger partial charge in [0.1, 0.15) is 0 Å². The highest BCUT2D eigenvalue weighted by molar-refractivity contribution is 5.98. The van der Waals surface area contributed by atoms with E-state index in [1.807, 2.05) is 24.3 Å². The summed E-state index contributed by atoms with van der Waals surface area (Å²) in [5.41, 5.74) is -0.191. The summed E-state index contributed by atoms with van der Waals surface area (Å²) in [4.78, 5) is 32.2. The Morgan fingerprint density at radius 1 is 1.23 bits per heavy atom. The van der Waals surface area contributed by atoms with E-state index < -0.39 is 30.2 Å². The molecule has 1 aromatic heterocycles. The maximum atomic E-state index is 14.4. The summed E-state index contributed by atoms with van der Waals surface area (Å²) in [6, 6.07) is 8.97. The predicted octanol–water partition coefficient (Wildman–Crippen LogP) is 2.56. The maximum absolute atomic E-state index is 14.4. The summed E-state index contributed by atoms with van der Waals surface area (Å²) in [5, 5.41) is 0.772. The Labute approximate surface area is 149 Å². The Hall–Kier alpha value is -2.57. The van der Waals surface area contributed by atoms with Crippen LogP contribution >= 0.6 is 0 Å². The highest BCUT2D eigenvalue weighted by Gasteiger charge is 2.57. The van der Waals surface area contributed by atoms with Crippen LogP contribution in [0.4, 0.5) is 8.78 Å². The van der Waals surface area contributed by atoms with Crippen LogP contribution < -0.4 is 0 Å². The van der Waals surface area contributed by atoms with Gasteiger partial charge in [-0.2, -0.15) is 0 Å². The number of fused-ring (bicyclic) bond motifs is 1. The summed E-state index contributed by atoms with van der Waals surface area (Å²) in [5.74, 6) is -3.89. The average molecular weight is 359 g/mol. The molecule has 7 heteroatoms. The van der Waals surface area contributed by atoms with E-state index in [0.29, 0.717) is 13.0 Å². The molecule has 2 aliphatic rings. The zero-order valence-corrected chi connectivity index (χ0v) is 14.4. The lowest BCUT2D eigenvalue weighted by molar-refractivity contribution is -0.150. The van der Waals surface area contributed by atoms with Crippen molar-refractivity contribution in [2.45, 2.75) is 18.8 Å². The van der Waals surface area contributed by atoms with Gasteiger partial charge in [0.25, 0.3) is 11.8 Å². The number of carbonyl (C=O) groups excluding carboxylic acids is 2.